The van der Waals surface area contributed by atoms with Crippen LogP contribution in [0.3, 0.4) is 0 Å². The summed E-state index contributed by atoms with van der Waals surface area (Å²) >= 11 is 0. The molecule has 3 aliphatic rings. The molecule has 1 N–H and O–H groups in total. The van der Waals surface area contributed by atoms with Gasteiger partial charge in [-0.2, -0.15) is 0 Å². The molecule has 2 atom stereocenters. The van der Waals surface area contributed by atoms with E-state index in [9.17, 15) is 9.90 Å². The predicted molar refractivity (Wildman–Crippen MR) is 96.0 cm³/mol. The molecule has 3 fully saturated rings. The molecule has 1 aromatic rings. The van der Waals surface area contributed by atoms with Crippen molar-refractivity contribution < 1.29 is 14.6 Å². The Labute approximate surface area is 150 Å². The average Bonchev–Trinajstić information content (AvgIpc) is 3.20. The summed E-state index contributed by atoms with van der Waals surface area (Å²) in [5.41, 5.74) is 0.440. The molecular weight excluding hydrogens is 314 g/mol. The van der Waals surface area contributed by atoms with Crippen LogP contribution >= 0.6 is 0 Å². The zero-order valence-corrected chi connectivity index (χ0v) is 14.9. The second-order valence-electron chi connectivity index (χ2n) is 8.32. The highest BCUT2D eigenvalue weighted by Crippen LogP contribution is 2.45. The molecule has 4 rings (SSSR count). The summed E-state index contributed by atoms with van der Waals surface area (Å²) in [7, 11) is 0. The van der Waals surface area contributed by atoms with Gasteiger partial charge in [0.1, 0.15) is 6.61 Å². The SMILES string of the molecule is O=C(OCc1ccccc1)N1C2CCC1CC(O)(CC1CCCC1)C2. The summed E-state index contributed by atoms with van der Waals surface area (Å²) < 4.78 is 5.56. The maximum atomic E-state index is 12.6. The molecule has 25 heavy (non-hydrogen) atoms. The average molecular weight is 343 g/mol. The molecule has 0 spiro atoms. The summed E-state index contributed by atoms with van der Waals surface area (Å²) in [6.45, 7) is 0.321. The van der Waals surface area contributed by atoms with Crippen LogP contribution in [0.2, 0.25) is 0 Å². The van der Waals surface area contributed by atoms with Crippen molar-refractivity contribution in [3.8, 4) is 0 Å². The van der Waals surface area contributed by atoms with Gasteiger partial charge in [0.05, 0.1) is 5.60 Å². The first-order valence-electron chi connectivity index (χ1n) is 9.84. The molecule has 1 aromatic carbocycles. The molecule has 2 unspecified atom stereocenters. The van der Waals surface area contributed by atoms with Crippen molar-refractivity contribution >= 4 is 6.09 Å². The zero-order chi connectivity index (χ0) is 17.3. The molecule has 2 saturated heterocycles. The van der Waals surface area contributed by atoms with Gasteiger partial charge in [-0.25, -0.2) is 4.79 Å². The number of amides is 1. The third-order valence-electron chi connectivity index (χ3n) is 6.41. The van der Waals surface area contributed by atoms with Gasteiger partial charge >= 0.3 is 6.09 Å². The van der Waals surface area contributed by atoms with E-state index in [2.05, 4.69) is 0 Å². The fourth-order valence-corrected chi connectivity index (χ4v) is 5.33. The highest BCUT2D eigenvalue weighted by Gasteiger charge is 2.50. The van der Waals surface area contributed by atoms with Crippen LogP contribution in [0.25, 0.3) is 0 Å². The number of carbonyl (C=O) groups is 1. The maximum Gasteiger partial charge on any atom is 0.410 e. The van der Waals surface area contributed by atoms with Crippen LogP contribution in [0.1, 0.15) is 63.4 Å². The van der Waals surface area contributed by atoms with Crippen LogP contribution in [0.15, 0.2) is 30.3 Å². The van der Waals surface area contributed by atoms with Gasteiger partial charge in [0.25, 0.3) is 0 Å². The number of fused-ring (bicyclic) bond motifs is 2. The Hall–Kier alpha value is -1.55. The Morgan fingerprint density at radius 2 is 1.72 bits per heavy atom. The van der Waals surface area contributed by atoms with Crippen LogP contribution in [-0.4, -0.2) is 33.8 Å². The fourth-order valence-electron chi connectivity index (χ4n) is 5.33. The van der Waals surface area contributed by atoms with Crippen molar-refractivity contribution in [2.24, 2.45) is 5.92 Å². The third kappa shape index (κ3) is 3.69. The maximum absolute atomic E-state index is 12.6. The summed E-state index contributed by atoms with van der Waals surface area (Å²) in [4.78, 5) is 14.5. The first-order valence-corrected chi connectivity index (χ1v) is 9.84. The lowest BCUT2D eigenvalue weighted by Crippen LogP contribution is -2.53. The Morgan fingerprint density at radius 3 is 2.36 bits per heavy atom. The lowest BCUT2D eigenvalue weighted by Gasteiger charge is -2.44. The molecular formula is C21H29NO3. The Bertz CT molecular complexity index is 582. The lowest BCUT2D eigenvalue weighted by molar-refractivity contribution is -0.0626. The Kier molecular flexibility index (Phi) is 4.72. The lowest BCUT2D eigenvalue weighted by atomic mass is 9.79. The van der Waals surface area contributed by atoms with Crippen molar-refractivity contribution in [3.05, 3.63) is 35.9 Å². The molecule has 4 nitrogen and oxygen atoms in total. The van der Waals surface area contributed by atoms with Gasteiger partial charge in [-0.3, -0.25) is 0 Å². The van der Waals surface area contributed by atoms with E-state index in [1.165, 1.54) is 25.7 Å². The zero-order valence-electron chi connectivity index (χ0n) is 14.9. The van der Waals surface area contributed by atoms with Crippen LogP contribution in [0.5, 0.6) is 0 Å². The minimum atomic E-state index is -0.572. The predicted octanol–water partition coefficient (Wildman–Crippen LogP) is 4.26. The molecule has 136 valence electrons. The summed E-state index contributed by atoms with van der Waals surface area (Å²) in [5, 5.41) is 11.1. The number of rotatable bonds is 4. The smallest absolute Gasteiger partial charge is 0.410 e. The van der Waals surface area contributed by atoms with Crippen molar-refractivity contribution in [2.75, 3.05) is 0 Å². The van der Waals surface area contributed by atoms with E-state index in [0.717, 1.165) is 37.7 Å². The van der Waals surface area contributed by atoms with Gasteiger partial charge in [0.2, 0.25) is 0 Å². The summed E-state index contributed by atoms with van der Waals surface area (Å²) in [5.74, 6) is 0.681. The molecule has 2 aliphatic heterocycles. The highest BCUT2D eigenvalue weighted by atomic mass is 16.6. The monoisotopic (exact) mass is 343 g/mol. The quantitative estimate of drug-likeness (QED) is 0.888. The highest BCUT2D eigenvalue weighted by molar-refractivity contribution is 5.69. The summed E-state index contributed by atoms with van der Waals surface area (Å²) in [6, 6.07) is 10.1. The number of ether oxygens (including phenoxy) is 1. The Morgan fingerprint density at radius 1 is 1.08 bits per heavy atom. The van der Waals surface area contributed by atoms with Crippen molar-refractivity contribution in [2.45, 2.75) is 82.1 Å². The number of benzene rings is 1. The Balaban J connectivity index is 1.35. The number of hydrogen-bond donors (Lipinski definition) is 1. The van der Waals surface area contributed by atoms with Crippen LogP contribution in [-0.2, 0) is 11.3 Å². The minimum absolute atomic E-state index is 0.147. The van der Waals surface area contributed by atoms with Gasteiger partial charge in [0.15, 0.2) is 0 Å². The largest absolute Gasteiger partial charge is 0.445 e. The van der Waals surface area contributed by atoms with E-state index >= 15 is 0 Å². The van der Waals surface area contributed by atoms with E-state index < -0.39 is 5.60 Å². The van der Waals surface area contributed by atoms with Gasteiger partial charge in [-0.1, -0.05) is 56.0 Å². The molecule has 1 saturated carbocycles. The first kappa shape index (κ1) is 16.9. The molecule has 4 heteroatoms. The number of hydrogen-bond acceptors (Lipinski definition) is 3. The van der Waals surface area contributed by atoms with Crippen LogP contribution < -0.4 is 0 Å². The molecule has 1 aliphatic carbocycles. The van der Waals surface area contributed by atoms with Crippen LogP contribution in [0.4, 0.5) is 4.79 Å². The van der Waals surface area contributed by atoms with E-state index in [1.807, 2.05) is 35.2 Å². The number of piperidine rings is 1. The van der Waals surface area contributed by atoms with Gasteiger partial charge in [-0.05, 0) is 43.6 Å². The molecule has 0 aromatic heterocycles. The van der Waals surface area contributed by atoms with Crippen molar-refractivity contribution in [1.82, 2.24) is 4.90 Å². The number of aliphatic hydroxyl groups is 1. The number of nitrogens with zero attached hydrogens (tertiary/aromatic N) is 1. The molecule has 0 radical (unpaired) electrons. The van der Waals surface area contributed by atoms with Crippen LogP contribution in [0, 0.1) is 5.92 Å². The molecule has 2 bridgehead atoms. The third-order valence-corrected chi connectivity index (χ3v) is 6.41. The normalized spacial score (nSPS) is 32.1. The van der Waals surface area contributed by atoms with Gasteiger partial charge < -0.3 is 14.7 Å². The fraction of sp³-hybridized carbons (Fsp3) is 0.667. The second-order valence-corrected chi connectivity index (χ2v) is 8.32. The van der Waals surface area contributed by atoms with Crippen molar-refractivity contribution in [1.29, 1.82) is 0 Å². The van der Waals surface area contributed by atoms with E-state index in [4.69, 9.17) is 4.74 Å². The number of carbonyl (C=O) groups excluding carboxylic acids is 1. The van der Waals surface area contributed by atoms with Gasteiger partial charge in [-0.15, -0.1) is 0 Å². The first-order chi connectivity index (χ1) is 12.1. The standard InChI is InChI=1S/C21H29NO3/c23-20(25-15-17-8-2-1-3-9-17)22-18-10-11-19(22)14-21(24,13-18)12-16-6-4-5-7-16/h1-3,8-9,16,18-19,24H,4-7,10-15H2. The van der Waals surface area contributed by atoms with E-state index in [0.29, 0.717) is 12.5 Å². The second kappa shape index (κ2) is 6.99. The topological polar surface area (TPSA) is 49.8 Å². The van der Waals surface area contributed by atoms with Gasteiger partial charge in [0, 0.05) is 12.1 Å². The van der Waals surface area contributed by atoms with E-state index in [-0.39, 0.29) is 18.2 Å². The van der Waals surface area contributed by atoms with Crippen molar-refractivity contribution in [3.63, 3.8) is 0 Å². The minimum Gasteiger partial charge on any atom is -0.445 e. The molecule has 1 amide bonds. The van der Waals surface area contributed by atoms with E-state index in [1.54, 1.807) is 0 Å². The molecule has 2 heterocycles. The summed E-state index contributed by atoms with van der Waals surface area (Å²) in [6.07, 6.45) is 9.31.